The first-order valence-corrected chi connectivity index (χ1v) is 23.5. The Balaban J connectivity index is 1.08. The molecule has 65 heavy (non-hydrogen) atoms. The molecular weight excluding hydrogens is 825 g/mol. The summed E-state index contributed by atoms with van der Waals surface area (Å²) in [5.74, 6) is -1.41. The molecule has 0 radical (unpaired) electrons. The summed E-state index contributed by atoms with van der Waals surface area (Å²) in [5, 5.41) is 13.0. The number of hydrogen-bond donors (Lipinski definition) is 6. The van der Waals surface area contributed by atoms with Crippen LogP contribution >= 0.6 is 0 Å². The topological polar surface area (TPSA) is 208 Å². The summed E-state index contributed by atoms with van der Waals surface area (Å²) >= 11 is 0. The van der Waals surface area contributed by atoms with Gasteiger partial charge in [-0.25, -0.2) is 0 Å². The largest absolute Gasteiger partial charge is 0.457 e. The van der Waals surface area contributed by atoms with Crippen molar-refractivity contribution in [1.82, 2.24) is 36.1 Å². The maximum Gasteiger partial charge on any atom is 0.246 e. The van der Waals surface area contributed by atoms with Crippen LogP contribution in [0.25, 0.3) is 10.9 Å². The zero-order valence-electron chi connectivity index (χ0n) is 36.8. The molecule has 7 atom stereocenters. The number of rotatable bonds is 8. The summed E-state index contributed by atoms with van der Waals surface area (Å²) in [4.78, 5) is 95.4. The van der Waals surface area contributed by atoms with E-state index in [1.54, 1.807) is 9.80 Å². The normalized spacial score (nSPS) is 27.6. The highest BCUT2D eigenvalue weighted by Crippen LogP contribution is 2.41. The lowest BCUT2D eigenvalue weighted by atomic mass is 9.84. The quantitative estimate of drug-likeness (QED) is 0.151. The average Bonchev–Trinajstić information content (AvgIpc) is 4.15. The fourth-order valence-corrected chi connectivity index (χ4v) is 11.1. The van der Waals surface area contributed by atoms with E-state index in [1.165, 1.54) is 0 Å². The lowest BCUT2D eigenvalue weighted by molar-refractivity contribution is -0.150. The third kappa shape index (κ3) is 9.20. The van der Waals surface area contributed by atoms with Crippen molar-refractivity contribution in [2.75, 3.05) is 13.1 Å². The van der Waals surface area contributed by atoms with E-state index in [1.807, 2.05) is 85.1 Å². The predicted octanol–water partition coefficient (Wildman–Crippen LogP) is 4.14. The summed E-state index contributed by atoms with van der Waals surface area (Å²) in [6.45, 7) is 0.392. The molecule has 9 rings (SSSR count). The van der Waals surface area contributed by atoms with Gasteiger partial charge >= 0.3 is 0 Å². The van der Waals surface area contributed by atoms with Crippen molar-refractivity contribution in [3.63, 3.8) is 0 Å². The van der Waals surface area contributed by atoms with Gasteiger partial charge in [0.25, 0.3) is 0 Å². The Bertz CT molecular complexity index is 2400. The lowest BCUT2D eigenvalue weighted by Gasteiger charge is -2.38. The Labute approximate surface area is 378 Å². The first kappa shape index (κ1) is 44.0. The summed E-state index contributed by atoms with van der Waals surface area (Å²) in [6.07, 6.45) is 8.97. The van der Waals surface area contributed by atoms with Gasteiger partial charge in [0.2, 0.25) is 35.4 Å². The first-order valence-electron chi connectivity index (χ1n) is 23.5. The Kier molecular flexibility index (Phi) is 12.9. The number of para-hydroxylation sites is 2. The maximum atomic E-state index is 15.0. The molecule has 3 saturated heterocycles. The van der Waals surface area contributed by atoms with Crippen LogP contribution in [0.15, 0.2) is 85.1 Å². The van der Waals surface area contributed by atoms with E-state index >= 15 is 4.79 Å². The molecule has 3 aromatic carbocycles. The Morgan fingerprint density at radius 1 is 0.662 bits per heavy atom. The molecule has 15 heteroatoms. The molecule has 1 aromatic heterocycles. The zero-order chi connectivity index (χ0) is 45.1. The number of H-pyrrole nitrogens is 1. The number of fused-ring (bicyclic) bond motifs is 5. The first-order chi connectivity index (χ1) is 31.6. The SMILES string of the molecule is NCC[C@@H]1NC(=O)[C@H](Cc2c[nH]c3ccccc23)NC(=O)C2(CCCC2)NC(=O)[C@H](Cc2ccc(Oc3ccccc3)cc2)NC(=O)[C@H]2C[C@H]3CCCC[C@H]3N2C(=O)[C@H]2CCCN2C1=O. The van der Waals surface area contributed by atoms with Crippen LogP contribution in [-0.2, 0) is 41.6 Å². The molecule has 4 heterocycles. The number of ether oxygens (including phenoxy) is 1. The highest BCUT2D eigenvalue weighted by Gasteiger charge is 2.52. The van der Waals surface area contributed by atoms with Gasteiger partial charge < -0.3 is 46.5 Å². The standard InChI is InChI=1S/C50H60N8O7/c51-25-22-38-47(62)57-26-10-17-42(57)48(63)58-41-16-7-4-11-32(41)29-43(58)46(61)54-39(27-31-18-20-35(21-19-31)65-34-12-2-1-3-13-34)45(60)56-50(23-8-9-24-50)49(64)55-40(44(59)53-38)28-33-30-52-37-15-6-5-14-36(33)37/h1-3,5-6,12-15,18-21,30,32,38-43,52H,4,7-11,16-17,22-29,51H2,(H,53,59)(H,54,61)(H,55,64)(H,56,60)/t32-,38+,39+,40+,41-,42-,43-/m1/s1. The molecule has 2 saturated carbocycles. The van der Waals surface area contributed by atoms with Crippen molar-refractivity contribution in [2.24, 2.45) is 11.7 Å². The lowest BCUT2D eigenvalue weighted by Crippen LogP contribution is -2.65. The Morgan fingerprint density at radius 3 is 2.15 bits per heavy atom. The van der Waals surface area contributed by atoms with Gasteiger partial charge in [0.15, 0.2) is 0 Å². The van der Waals surface area contributed by atoms with Gasteiger partial charge in [-0.05, 0) is 105 Å². The molecule has 4 aromatic rings. The van der Waals surface area contributed by atoms with Gasteiger partial charge in [-0.15, -0.1) is 0 Å². The number of nitrogens with one attached hydrogen (secondary N) is 5. The number of amides is 6. The van der Waals surface area contributed by atoms with Crippen molar-refractivity contribution >= 4 is 46.3 Å². The van der Waals surface area contributed by atoms with E-state index in [-0.39, 0.29) is 43.7 Å². The number of benzene rings is 3. The van der Waals surface area contributed by atoms with E-state index in [4.69, 9.17) is 10.5 Å². The zero-order valence-corrected chi connectivity index (χ0v) is 36.8. The number of hydrogen-bond acceptors (Lipinski definition) is 8. The van der Waals surface area contributed by atoms with Crippen molar-refractivity contribution in [1.29, 1.82) is 0 Å². The number of aromatic amines is 1. The van der Waals surface area contributed by atoms with Crippen molar-refractivity contribution in [3.05, 3.63) is 96.2 Å². The van der Waals surface area contributed by atoms with Gasteiger partial charge in [-0.1, -0.05) is 74.2 Å². The average molecular weight is 885 g/mol. The van der Waals surface area contributed by atoms with Gasteiger partial charge in [-0.3, -0.25) is 28.8 Å². The van der Waals surface area contributed by atoms with E-state index in [9.17, 15) is 24.0 Å². The van der Waals surface area contributed by atoms with Crippen LogP contribution in [0.1, 0.15) is 88.2 Å². The van der Waals surface area contributed by atoms with Crippen molar-refractivity contribution in [3.8, 4) is 11.5 Å². The summed E-state index contributed by atoms with van der Waals surface area (Å²) in [7, 11) is 0. The van der Waals surface area contributed by atoms with E-state index in [0.717, 1.165) is 47.7 Å². The minimum absolute atomic E-state index is 0.0849. The highest BCUT2D eigenvalue weighted by atomic mass is 16.5. The molecule has 0 unspecified atom stereocenters. The summed E-state index contributed by atoms with van der Waals surface area (Å²) < 4.78 is 6.02. The predicted molar refractivity (Wildman–Crippen MR) is 243 cm³/mol. The van der Waals surface area contributed by atoms with Crippen LogP contribution in [-0.4, -0.2) is 105 Å². The molecule has 5 fully saturated rings. The van der Waals surface area contributed by atoms with Crippen molar-refractivity contribution < 1.29 is 33.5 Å². The molecule has 5 aliphatic rings. The molecule has 0 bridgehead atoms. The number of nitrogens with two attached hydrogens (primary N) is 1. The number of aromatic nitrogens is 1. The second-order valence-electron chi connectivity index (χ2n) is 18.6. The molecule has 6 amide bonds. The Hall–Kier alpha value is -6.22. The van der Waals surface area contributed by atoms with Gasteiger partial charge in [-0.2, -0.15) is 0 Å². The van der Waals surface area contributed by atoms with Crippen molar-refractivity contribution in [2.45, 2.75) is 132 Å². The third-order valence-corrected chi connectivity index (χ3v) is 14.5. The number of nitrogens with zero attached hydrogens (tertiary/aromatic N) is 2. The van der Waals surface area contributed by atoms with Crippen LogP contribution in [0.4, 0.5) is 0 Å². The van der Waals surface area contributed by atoms with E-state index in [0.29, 0.717) is 63.0 Å². The molecule has 342 valence electrons. The minimum Gasteiger partial charge on any atom is -0.457 e. The highest BCUT2D eigenvalue weighted by molar-refractivity contribution is 6.00. The number of carbonyl (C=O) groups is 6. The van der Waals surface area contributed by atoms with Gasteiger partial charge in [0.05, 0.1) is 0 Å². The van der Waals surface area contributed by atoms with Crippen LogP contribution in [0.5, 0.6) is 11.5 Å². The van der Waals surface area contributed by atoms with E-state index in [2.05, 4.69) is 26.3 Å². The molecular formula is C50H60N8O7. The number of carbonyl (C=O) groups excluding carboxylic acids is 6. The monoisotopic (exact) mass is 884 g/mol. The second kappa shape index (κ2) is 19.1. The van der Waals surface area contributed by atoms with Gasteiger partial charge in [0.1, 0.15) is 47.2 Å². The fraction of sp³-hybridized carbons (Fsp3) is 0.480. The van der Waals surface area contributed by atoms with Crippen LogP contribution in [0.2, 0.25) is 0 Å². The summed E-state index contributed by atoms with van der Waals surface area (Å²) in [5.41, 5.74) is 7.07. The Morgan fingerprint density at radius 2 is 1.37 bits per heavy atom. The second-order valence-corrected chi connectivity index (χ2v) is 18.6. The van der Waals surface area contributed by atoms with Gasteiger partial charge in [0, 0.05) is 42.5 Å². The third-order valence-electron chi connectivity index (χ3n) is 14.5. The minimum atomic E-state index is -1.39. The van der Waals surface area contributed by atoms with Crippen LogP contribution < -0.4 is 31.7 Å². The molecule has 3 aliphatic heterocycles. The maximum absolute atomic E-state index is 15.0. The smallest absolute Gasteiger partial charge is 0.246 e. The fourth-order valence-electron chi connectivity index (χ4n) is 11.1. The molecule has 1 spiro atoms. The molecule has 7 N–H and O–H groups in total. The summed E-state index contributed by atoms with van der Waals surface area (Å²) in [6, 6.07) is 19.1. The van der Waals surface area contributed by atoms with Crippen LogP contribution in [0, 0.1) is 5.92 Å². The van der Waals surface area contributed by atoms with E-state index < -0.39 is 65.3 Å². The van der Waals surface area contributed by atoms with Crippen LogP contribution in [0.3, 0.4) is 0 Å². The molecule has 2 aliphatic carbocycles. The molecule has 15 nitrogen and oxygen atoms in total.